The Morgan fingerprint density at radius 3 is 2.65 bits per heavy atom. The van der Waals surface area contributed by atoms with Crippen LogP contribution in [-0.4, -0.2) is 24.5 Å². The van der Waals surface area contributed by atoms with Gasteiger partial charge in [0.25, 0.3) is 0 Å². The van der Waals surface area contributed by atoms with Gasteiger partial charge in [-0.2, -0.15) is 0 Å². The zero-order valence-corrected chi connectivity index (χ0v) is 17.7. The van der Waals surface area contributed by atoms with Gasteiger partial charge in [-0.3, -0.25) is 4.79 Å². The van der Waals surface area contributed by atoms with Gasteiger partial charge in [-0.05, 0) is 50.3 Å². The predicted molar refractivity (Wildman–Crippen MR) is 118 cm³/mol. The number of guanidine groups is 1. The van der Waals surface area contributed by atoms with E-state index < -0.39 is 0 Å². The highest BCUT2D eigenvalue weighted by molar-refractivity contribution is 14.0. The molecule has 0 atom stereocenters. The second-order valence-corrected chi connectivity index (χ2v) is 6.80. The van der Waals surface area contributed by atoms with Crippen molar-refractivity contribution >= 4 is 41.5 Å². The number of nitrogens with zero attached hydrogens (tertiary/aromatic N) is 1. The van der Waals surface area contributed by atoms with Gasteiger partial charge in [0.2, 0.25) is 5.91 Å². The number of benzene rings is 1. The highest BCUT2D eigenvalue weighted by atomic mass is 127. The van der Waals surface area contributed by atoms with Crippen LogP contribution in [0.4, 0.5) is 5.69 Å². The lowest BCUT2D eigenvalue weighted by molar-refractivity contribution is -0.122. The van der Waals surface area contributed by atoms with Gasteiger partial charge in [0.05, 0.1) is 6.54 Å². The van der Waals surface area contributed by atoms with E-state index in [1.165, 1.54) is 6.42 Å². The Labute approximate surface area is 173 Å². The van der Waals surface area contributed by atoms with Crippen LogP contribution in [0.5, 0.6) is 0 Å². The minimum atomic E-state index is 0. The Balaban J connectivity index is 0.00000243. The van der Waals surface area contributed by atoms with Crippen molar-refractivity contribution in [1.29, 1.82) is 0 Å². The molecule has 26 heavy (non-hydrogen) atoms. The molecule has 0 radical (unpaired) electrons. The Bertz CT molecular complexity index is 647. The number of anilines is 1. The van der Waals surface area contributed by atoms with Gasteiger partial charge < -0.3 is 16.0 Å². The standard InChI is InChI=1S/C20H28N4O.HI/c1-2-21-20(24-17-10-3-4-11-17)22-14-15-7-5-12-18(13-15)23-19(25)16-8-6-9-16;/h3-5,7,12-13,16-17H,2,6,8-11,14H2,1H3,(H,23,25)(H2,21,22,24);1H. The number of carbonyl (C=O) groups is 1. The molecule has 1 aromatic carbocycles. The average Bonchev–Trinajstić information content (AvgIpc) is 3.04. The van der Waals surface area contributed by atoms with Gasteiger partial charge in [0.15, 0.2) is 5.96 Å². The smallest absolute Gasteiger partial charge is 0.227 e. The van der Waals surface area contributed by atoms with Gasteiger partial charge in [0.1, 0.15) is 0 Å². The zero-order chi connectivity index (χ0) is 17.5. The molecule has 0 aromatic heterocycles. The van der Waals surface area contributed by atoms with Crippen LogP contribution in [0.25, 0.3) is 0 Å². The molecular formula is C20H29IN4O. The molecule has 3 rings (SSSR count). The Hall–Kier alpha value is -1.57. The maximum absolute atomic E-state index is 12.1. The summed E-state index contributed by atoms with van der Waals surface area (Å²) >= 11 is 0. The van der Waals surface area contributed by atoms with Crippen LogP contribution in [0.3, 0.4) is 0 Å². The Kier molecular flexibility index (Phi) is 8.41. The molecule has 2 aliphatic carbocycles. The molecule has 1 saturated carbocycles. The van der Waals surface area contributed by atoms with E-state index in [0.29, 0.717) is 12.6 Å². The number of amides is 1. The lowest BCUT2D eigenvalue weighted by atomic mass is 9.85. The first-order chi connectivity index (χ1) is 12.2. The number of nitrogens with one attached hydrogen (secondary N) is 3. The van der Waals surface area contributed by atoms with E-state index in [4.69, 9.17) is 0 Å². The molecule has 0 bridgehead atoms. The summed E-state index contributed by atoms with van der Waals surface area (Å²) in [6, 6.07) is 8.41. The fourth-order valence-corrected chi connectivity index (χ4v) is 3.08. The zero-order valence-electron chi connectivity index (χ0n) is 15.3. The summed E-state index contributed by atoms with van der Waals surface area (Å²) < 4.78 is 0. The lowest BCUT2D eigenvalue weighted by Crippen LogP contribution is -2.42. The fourth-order valence-electron chi connectivity index (χ4n) is 3.08. The van der Waals surface area contributed by atoms with Crippen LogP contribution >= 0.6 is 24.0 Å². The molecule has 0 saturated heterocycles. The van der Waals surface area contributed by atoms with Crippen LogP contribution in [0.1, 0.15) is 44.6 Å². The fraction of sp³-hybridized carbons (Fsp3) is 0.500. The van der Waals surface area contributed by atoms with Gasteiger partial charge in [-0.25, -0.2) is 4.99 Å². The van der Waals surface area contributed by atoms with E-state index in [1.54, 1.807) is 0 Å². The van der Waals surface area contributed by atoms with Crippen LogP contribution < -0.4 is 16.0 Å². The van der Waals surface area contributed by atoms with Gasteiger partial charge in [-0.1, -0.05) is 30.7 Å². The third kappa shape index (κ3) is 6.00. The molecule has 6 heteroatoms. The summed E-state index contributed by atoms with van der Waals surface area (Å²) in [5, 5.41) is 9.80. The first kappa shape index (κ1) is 20.7. The van der Waals surface area contributed by atoms with E-state index in [9.17, 15) is 4.79 Å². The van der Waals surface area contributed by atoms with Crippen molar-refractivity contribution in [3.8, 4) is 0 Å². The van der Waals surface area contributed by atoms with Crippen molar-refractivity contribution in [2.75, 3.05) is 11.9 Å². The van der Waals surface area contributed by atoms with Crippen molar-refractivity contribution in [3.63, 3.8) is 0 Å². The van der Waals surface area contributed by atoms with Crippen LogP contribution in [-0.2, 0) is 11.3 Å². The third-order valence-corrected chi connectivity index (χ3v) is 4.78. The number of halogens is 1. The second kappa shape index (κ2) is 10.5. The Morgan fingerprint density at radius 2 is 2.00 bits per heavy atom. The molecule has 0 spiro atoms. The lowest BCUT2D eigenvalue weighted by Gasteiger charge is -2.24. The summed E-state index contributed by atoms with van der Waals surface area (Å²) in [7, 11) is 0. The second-order valence-electron chi connectivity index (χ2n) is 6.80. The molecular weight excluding hydrogens is 439 g/mol. The Morgan fingerprint density at radius 1 is 1.23 bits per heavy atom. The summed E-state index contributed by atoms with van der Waals surface area (Å²) in [6.07, 6.45) is 9.71. The van der Waals surface area contributed by atoms with Crippen molar-refractivity contribution in [1.82, 2.24) is 10.6 Å². The average molecular weight is 468 g/mol. The van der Waals surface area contributed by atoms with Crippen molar-refractivity contribution in [2.24, 2.45) is 10.9 Å². The van der Waals surface area contributed by atoms with Gasteiger partial charge >= 0.3 is 0 Å². The van der Waals surface area contributed by atoms with E-state index in [0.717, 1.165) is 49.4 Å². The predicted octanol–water partition coefficient (Wildman–Crippen LogP) is 3.82. The minimum absolute atomic E-state index is 0. The summed E-state index contributed by atoms with van der Waals surface area (Å²) in [5.74, 6) is 1.20. The van der Waals surface area contributed by atoms with Crippen molar-refractivity contribution in [3.05, 3.63) is 42.0 Å². The molecule has 0 unspecified atom stereocenters. The first-order valence-electron chi connectivity index (χ1n) is 9.34. The van der Waals surface area contributed by atoms with E-state index in [1.807, 2.05) is 24.3 Å². The highest BCUT2D eigenvalue weighted by Gasteiger charge is 2.25. The minimum Gasteiger partial charge on any atom is -0.357 e. The van der Waals surface area contributed by atoms with Gasteiger partial charge in [-0.15, -0.1) is 24.0 Å². The largest absolute Gasteiger partial charge is 0.357 e. The third-order valence-electron chi connectivity index (χ3n) is 4.78. The van der Waals surface area contributed by atoms with E-state index >= 15 is 0 Å². The molecule has 0 heterocycles. The number of hydrogen-bond acceptors (Lipinski definition) is 2. The summed E-state index contributed by atoms with van der Waals surface area (Å²) in [6.45, 7) is 3.49. The molecule has 3 N–H and O–H groups in total. The van der Waals surface area contributed by atoms with Crippen LogP contribution in [0.2, 0.25) is 0 Å². The molecule has 1 aromatic rings. The number of rotatable bonds is 6. The first-order valence-corrected chi connectivity index (χ1v) is 9.34. The summed E-state index contributed by atoms with van der Waals surface area (Å²) in [4.78, 5) is 16.8. The number of hydrogen-bond donors (Lipinski definition) is 3. The maximum atomic E-state index is 12.1. The van der Waals surface area contributed by atoms with E-state index in [2.05, 4.69) is 40.0 Å². The summed E-state index contributed by atoms with van der Waals surface area (Å²) in [5.41, 5.74) is 1.95. The molecule has 5 nitrogen and oxygen atoms in total. The van der Waals surface area contributed by atoms with Crippen LogP contribution in [0, 0.1) is 5.92 Å². The SMILES string of the molecule is CCNC(=NCc1cccc(NC(=O)C2CCC2)c1)NC1CC=CC1.I. The monoisotopic (exact) mass is 468 g/mol. The molecule has 0 aliphatic heterocycles. The molecule has 142 valence electrons. The van der Waals surface area contributed by atoms with Crippen molar-refractivity contribution in [2.45, 2.75) is 51.6 Å². The quantitative estimate of drug-likeness (QED) is 0.258. The molecule has 2 aliphatic rings. The number of carbonyl (C=O) groups excluding carboxylic acids is 1. The highest BCUT2D eigenvalue weighted by Crippen LogP contribution is 2.27. The molecule has 1 fully saturated rings. The topological polar surface area (TPSA) is 65.5 Å². The normalized spacial score (nSPS) is 17.3. The van der Waals surface area contributed by atoms with Crippen LogP contribution in [0.15, 0.2) is 41.4 Å². The van der Waals surface area contributed by atoms with E-state index in [-0.39, 0.29) is 35.8 Å². The van der Waals surface area contributed by atoms with Gasteiger partial charge in [0, 0.05) is 24.2 Å². The molecule has 1 amide bonds. The maximum Gasteiger partial charge on any atom is 0.227 e. The number of aliphatic imine (C=N–C) groups is 1. The van der Waals surface area contributed by atoms with Crippen molar-refractivity contribution < 1.29 is 4.79 Å².